The molecule has 0 spiro atoms. The Kier molecular flexibility index (Phi) is 6.86. The number of carbonyl (C=O) groups excluding carboxylic acids is 2. The van der Waals surface area contributed by atoms with Crippen LogP contribution in [0.15, 0.2) is 67.0 Å². The van der Waals surface area contributed by atoms with Crippen molar-refractivity contribution in [2.45, 2.75) is 39.3 Å². The van der Waals surface area contributed by atoms with Crippen molar-refractivity contribution in [2.24, 2.45) is 0 Å². The maximum absolute atomic E-state index is 13.6. The smallest absolute Gasteiger partial charge is 0.254 e. The van der Waals surface area contributed by atoms with Crippen LogP contribution >= 0.6 is 11.6 Å². The zero-order valence-electron chi connectivity index (χ0n) is 18.1. The molecule has 0 radical (unpaired) electrons. The largest absolute Gasteiger partial charge is 0.330 e. The normalized spacial score (nSPS) is 13.4. The summed E-state index contributed by atoms with van der Waals surface area (Å²) in [5.41, 5.74) is 4.39. The summed E-state index contributed by atoms with van der Waals surface area (Å²) in [7, 11) is 0. The van der Waals surface area contributed by atoms with Gasteiger partial charge in [-0.05, 0) is 53.8 Å². The molecule has 1 aromatic heterocycles. The second-order valence-corrected chi connectivity index (χ2v) is 8.41. The minimum Gasteiger partial charge on any atom is -0.330 e. The van der Waals surface area contributed by atoms with E-state index in [0.717, 1.165) is 24.0 Å². The van der Waals surface area contributed by atoms with E-state index in [4.69, 9.17) is 11.6 Å². The third kappa shape index (κ3) is 5.00. The Bertz CT molecular complexity index is 1100. The Morgan fingerprint density at radius 3 is 2.47 bits per heavy atom. The third-order valence-electron chi connectivity index (χ3n) is 5.75. The molecule has 1 aliphatic heterocycles. The highest BCUT2D eigenvalue weighted by molar-refractivity contribution is 6.34. The number of halogens is 1. The fourth-order valence-corrected chi connectivity index (χ4v) is 4.17. The van der Waals surface area contributed by atoms with Gasteiger partial charge in [0, 0.05) is 44.0 Å². The Hall–Kier alpha value is -3.18. The van der Waals surface area contributed by atoms with Crippen molar-refractivity contribution in [3.05, 3.63) is 94.3 Å². The average Bonchev–Trinajstić information content (AvgIpc) is 3.25. The van der Waals surface area contributed by atoms with E-state index in [1.165, 1.54) is 5.56 Å². The number of pyridine rings is 1. The summed E-state index contributed by atoms with van der Waals surface area (Å²) < 4.78 is 0. The lowest BCUT2D eigenvalue weighted by Crippen LogP contribution is -2.31. The van der Waals surface area contributed by atoms with Gasteiger partial charge in [-0.25, -0.2) is 0 Å². The van der Waals surface area contributed by atoms with Crippen LogP contribution in [0.1, 0.15) is 46.8 Å². The molecule has 1 saturated heterocycles. The number of hydrogen-bond acceptors (Lipinski definition) is 3. The molecule has 32 heavy (non-hydrogen) atoms. The first-order valence-electron chi connectivity index (χ1n) is 10.9. The second-order valence-electron chi connectivity index (χ2n) is 8.01. The van der Waals surface area contributed by atoms with Crippen molar-refractivity contribution in [3.63, 3.8) is 0 Å². The van der Waals surface area contributed by atoms with E-state index in [1.54, 1.807) is 40.4 Å². The predicted molar refractivity (Wildman–Crippen MR) is 127 cm³/mol. The van der Waals surface area contributed by atoms with E-state index in [2.05, 4.69) is 36.2 Å². The first kappa shape index (κ1) is 22.0. The van der Waals surface area contributed by atoms with Gasteiger partial charge in [0.25, 0.3) is 5.91 Å². The molecule has 2 aromatic carbocycles. The van der Waals surface area contributed by atoms with Crippen LogP contribution in [-0.4, -0.2) is 28.2 Å². The van der Waals surface area contributed by atoms with Gasteiger partial charge in [0.1, 0.15) is 0 Å². The highest BCUT2D eigenvalue weighted by atomic mass is 35.5. The Morgan fingerprint density at radius 2 is 1.81 bits per heavy atom. The van der Waals surface area contributed by atoms with Crippen molar-refractivity contribution >= 4 is 29.1 Å². The van der Waals surface area contributed by atoms with E-state index < -0.39 is 0 Å². The number of aromatic nitrogens is 1. The van der Waals surface area contributed by atoms with Gasteiger partial charge >= 0.3 is 0 Å². The molecule has 0 unspecified atom stereocenters. The molecule has 3 aromatic rings. The molecule has 0 atom stereocenters. The number of carbonyl (C=O) groups is 2. The van der Waals surface area contributed by atoms with Crippen LogP contribution in [0.25, 0.3) is 0 Å². The SMILES string of the molecule is CCc1ccc(CN(Cc2cccnc2)C(=O)c2ccc(Cl)c(N3CCCC3=O)c2)cc1. The summed E-state index contributed by atoms with van der Waals surface area (Å²) in [6, 6.07) is 17.3. The van der Waals surface area contributed by atoms with Crippen molar-refractivity contribution < 1.29 is 9.59 Å². The van der Waals surface area contributed by atoms with Crippen LogP contribution in [0.4, 0.5) is 5.69 Å². The molecule has 6 heteroatoms. The standard InChI is InChI=1S/C26H26ClN3O2/c1-2-19-7-9-20(10-8-19)17-29(18-21-5-3-13-28-16-21)26(32)22-11-12-23(27)24(15-22)30-14-4-6-25(30)31/h3,5,7-13,15-16H,2,4,6,14,17-18H2,1H3. The number of nitrogens with zero attached hydrogens (tertiary/aromatic N) is 3. The van der Waals surface area contributed by atoms with Crippen molar-refractivity contribution in [1.29, 1.82) is 0 Å². The monoisotopic (exact) mass is 447 g/mol. The molecule has 1 fully saturated rings. The van der Waals surface area contributed by atoms with Gasteiger partial charge in [0.15, 0.2) is 0 Å². The van der Waals surface area contributed by atoms with Gasteiger partial charge in [0.05, 0.1) is 10.7 Å². The number of rotatable bonds is 7. The molecule has 0 bridgehead atoms. The van der Waals surface area contributed by atoms with Gasteiger partial charge in [0.2, 0.25) is 5.91 Å². The van der Waals surface area contributed by atoms with Crippen LogP contribution in [0.2, 0.25) is 5.02 Å². The lowest BCUT2D eigenvalue weighted by atomic mass is 10.1. The lowest BCUT2D eigenvalue weighted by molar-refractivity contribution is -0.117. The van der Waals surface area contributed by atoms with E-state index in [0.29, 0.717) is 42.3 Å². The van der Waals surface area contributed by atoms with E-state index in [1.807, 2.05) is 12.1 Å². The molecule has 2 heterocycles. The van der Waals surface area contributed by atoms with Gasteiger partial charge in [-0.1, -0.05) is 48.9 Å². The average molecular weight is 448 g/mol. The van der Waals surface area contributed by atoms with E-state index in [-0.39, 0.29) is 11.8 Å². The van der Waals surface area contributed by atoms with Crippen molar-refractivity contribution in [3.8, 4) is 0 Å². The summed E-state index contributed by atoms with van der Waals surface area (Å²) >= 11 is 6.39. The molecule has 164 valence electrons. The second kappa shape index (κ2) is 9.96. The van der Waals surface area contributed by atoms with Gasteiger partial charge < -0.3 is 9.80 Å². The number of anilines is 1. The summed E-state index contributed by atoms with van der Waals surface area (Å²) in [4.78, 5) is 33.5. The molecule has 1 aliphatic rings. The first-order valence-corrected chi connectivity index (χ1v) is 11.3. The summed E-state index contributed by atoms with van der Waals surface area (Å²) in [5, 5.41) is 0.478. The number of hydrogen-bond donors (Lipinski definition) is 0. The number of amides is 2. The first-order chi connectivity index (χ1) is 15.5. The highest BCUT2D eigenvalue weighted by Gasteiger charge is 2.25. The third-order valence-corrected chi connectivity index (χ3v) is 6.07. The molecule has 0 aliphatic carbocycles. The minimum absolute atomic E-state index is 0.0414. The molecule has 4 rings (SSSR count). The maximum Gasteiger partial charge on any atom is 0.254 e. The Balaban J connectivity index is 1.63. The van der Waals surface area contributed by atoms with Crippen LogP contribution in [0, 0.1) is 0 Å². The van der Waals surface area contributed by atoms with E-state index in [9.17, 15) is 9.59 Å². The fourth-order valence-electron chi connectivity index (χ4n) is 3.95. The van der Waals surface area contributed by atoms with Crippen molar-refractivity contribution in [1.82, 2.24) is 9.88 Å². The van der Waals surface area contributed by atoms with Crippen LogP contribution in [-0.2, 0) is 24.3 Å². The molecule has 0 saturated carbocycles. The molecular weight excluding hydrogens is 422 g/mol. The Labute approximate surface area is 193 Å². The van der Waals surface area contributed by atoms with Crippen LogP contribution in [0.5, 0.6) is 0 Å². The van der Waals surface area contributed by atoms with Crippen LogP contribution < -0.4 is 4.90 Å². The Morgan fingerprint density at radius 1 is 1.06 bits per heavy atom. The maximum atomic E-state index is 13.6. The summed E-state index contributed by atoms with van der Waals surface area (Å²) in [6.45, 7) is 3.65. The molecular formula is C26H26ClN3O2. The van der Waals surface area contributed by atoms with Crippen LogP contribution in [0.3, 0.4) is 0 Å². The summed E-state index contributed by atoms with van der Waals surface area (Å²) in [5.74, 6) is -0.0716. The predicted octanol–water partition coefficient (Wildman–Crippen LogP) is 5.27. The summed E-state index contributed by atoms with van der Waals surface area (Å²) in [6.07, 6.45) is 5.78. The minimum atomic E-state index is -0.113. The number of benzene rings is 2. The van der Waals surface area contributed by atoms with E-state index >= 15 is 0 Å². The van der Waals surface area contributed by atoms with Gasteiger partial charge in [-0.15, -0.1) is 0 Å². The van der Waals surface area contributed by atoms with Gasteiger partial charge in [-0.2, -0.15) is 0 Å². The molecule has 0 N–H and O–H groups in total. The van der Waals surface area contributed by atoms with Crippen molar-refractivity contribution in [2.75, 3.05) is 11.4 Å². The topological polar surface area (TPSA) is 53.5 Å². The quantitative estimate of drug-likeness (QED) is 0.496. The zero-order chi connectivity index (χ0) is 22.5. The molecule has 2 amide bonds. The fraction of sp³-hybridized carbons (Fsp3) is 0.269. The molecule has 5 nitrogen and oxygen atoms in total. The number of aryl methyl sites for hydroxylation is 1. The lowest BCUT2D eigenvalue weighted by Gasteiger charge is -2.24. The zero-order valence-corrected chi connectivity index (χ0v) is 18.9. The van der Waals surface area contributed by atoms with Gasteiger partial charge in [-0.3, -0.25) is 14.6 Å². The highest BCUT2D eigenvalue weighted by Crippen LogP contribution is 2.31.